The zero-order valence-electron chi connectivity index (χ0n) is 14.8. The molecular weight excluding hydrogens is 315 g/mol. The fraction of sp³-hybridized carbons (Fsp3) is 0.333. The monoisotopic (exact) mass is 337 g/mol. The number of hydrogen-bond acceptors (Lipinski definition) is 1. The van der Waals surface area contributed by atoms with Gasteiger partial charge in [-0.3, -0.25) is 4.79 Å². The molecular formula is C21H22FN2O. The third-order valence-corrected chi connectivity index (χ3v) is 4.88. The fourth-order valence-electron chi connectivity index (χ4n) is 3.57. The van der Waals surface area contributed by atoms with Crippen LogP contribution in [0, 0.1) is 38.4 Å². The number of allylic oxidation sites excluding steroid dienone is 1. The van der Waals surface area contributed by atoms with Crippen molar-refractivity contribution in [1.82, 2.24) is 10.3 Å². The number of aromatic nitrogens is 1. The minimum absolute atomic E-state index is 0.0254. The molecule has 1 radical (unpaired) electrons. The van der Waals surface area contributed by atoms with Crippen molar-refractivity contribution in [2.24, 2.45) is 0 Å². The molecule has 1 amide bonds. The molecule has 1 heterocycles. The van der Waals surface area contributed by atoms with Crippen LogP contribution in [0.15, 0.2) is 12.1 Å². The molecule has 3 nitrogen and oxygen atoms in total. The summed E-state index contributed by atoms with van der Waals surface area (Å²) in [6.45, 7) is 9.58. The number of fused-ring (bicyclic) bond motifs is 1. The van der Waals surface area contributed by atoms with Crippen LogP contribution in [0.5, 0.6) is 0 Å². The number of benzene rings is 1. The van der Waals surface area contributed by atoms with Crippen LogP contribution < -0.4 is 5.32 Å². The minimum atomic E-state index is -0.277. The van der Waals surface area contributed by atoms with Gasteiger partial charge in [-0.25, -0.2) is 4.39 Å². The SMILES string of the molecule is [CH2]c1cc(F)c(C2=CCC[C@H](NC(=O)C#CC)C2)c2c(C)c(C)[nH]c12. The molecule has 3 rings (SSSR count). The van der Waals surface area contributed by atoms with Gasteiger partial charge in [-0.15, -0.1) is 0 Å². The maximum Gasteiger partial charge on any atom is 0.296 e. The van der Waals surface area contributed by atoms with Crippen LogP contribution >= 0.6 is 0 Å². The Morgan fingerprint density at radius 3 is 2.92 bits per heavy atom. The first-order valence-corrected chi connectivity index (χ1v) is 8.48. The first-order chi connectivity index (χ1) is 11.9. The molecule has 0 fully saturated rings. The molecule has 0 unspecified atom stereocenters. The van der Waals surface area contributed by atoms with Gasteiger partial charge in [0.1, 0.15) is 5.82 Å². The highest BCUT2D eigenvalue weighted by Gasteiger charge is 2.24. The minimum Gasteiger partial charge on any atom is -0.358 e. The Bertz CT molecular complexity index is 940. The summed E-state index contributed by atoms with van der Waals surface area (Å²) in [4.78, 5) is 15.1. The van der Waals surface area contributed by atoms with E-state index in [4.69, 9.17) is 0 Å². The molecule has 2 aromatic rings. The van der Waals surface area contributed by atoms with E-state index in [-0.39, 0.29) is 17.8 Å². The number of aryl methyl sites for hydroxylation is 2. The maximum absolute atomic E-state index is 14.9. The van der Waals surface area contributed by atoms with Crippen LogP contribution in [0.4, 0.5) is 4.39 Å². The van der Waals surface area contributed by atoms with Crippen LogP contribution in [0.25, 0.3) is 16.5 Å². The summed E-state index contributed by atoms with van der Waals surface area (Å²) in [5, 5.41) is 3.82. The van der Waals surface area contributed by atoms with Gasteiger partial charge in [0.15, 0.2) is 0 Å². The molecule has 25 heavy (non-hydrogen) atoms. The largest absolute Gasteiger partial charge is 0.358 e. The van der Waals surface area contributed by atoms with E-state index >= 15 is 0 Å². The summed E-state index contributed by atoms with van der Waals surface area (Å²) in [5.41, 5.74) is 5.17. The fourth-order valence-corrected chi connectivity index (χ4v) is 3.57. The first-order valence-electron chi connectivity index (χ1n) is 8.48. The number of carbonyl (C=O) groups excluding carboxylic acids is 1. The highest BCUT2D eigenvalue weighted by atomic mass is 19.1. The second-order valence-corrected chi connectivity index (χ2v) is 6.57. The van der Waals surface area contributed by atoms with E-state index in [1.54, 1.807) is 6.92 Å². The smallest absolute Gasteiger partial charge is 0.296 e. The van der Waals surface area contributed by atoms with Crippen molar-refractivity contribution >= 4 is 22.4 Å². The van der Waals surface area contributed by atoms with Crippen molar-refractivity contribution in [2.75, 3.05) is 0 Å². The Kier molecular flexibility index (Phi) is 4.67. The Hall–Kier alpha value is -2.54. The number of carbonyl (C=O) groups is 1. The van der Waals surface area contributed by atoms with E-state index in [9.17, 15) is 9.18 Å². The van der Waals surface area contributed by atoms with E-state index < -0.39 is 0 Å². The molecule has 1 atom stereocenters. The van der Waals surface area contributed by atoms with Gasteiger partial charge in [0.05, 0.1) is 0 Å². The molecule has 1 aliphatic carbocycles. The number of amides is 1. The summed E-state index contributed by atoms with van der Waals surface area (Å²) < 4.78 is 14.9. The normalized spacial score (nSPS) is 17.0. The van der Waals surface area contributed by atoms with Crippen molar-refractivity contribution in [3.05, 3.63) is 47.3 Å². The van der Waals surface area contributed by atoms with E-state index in [0.717, 1.165) is 40.6 Å². The predicted octanol–water partition coefficient (Wildman–Crippen LogP) is 4.18. The van der Waals surface area contributed by atoms with Gasteiger partial charge in [-0.05, 0) is 75.6 Å². The third kappa shape index (κ3) is 3.19. The summed E-state index contributed by atoms with van der Waals surface area (Å²) in [6, 6.07) is 1.46. The second kappa shape index (κ2) is 6.76. The van der Waals surface area contributed by atoms with Gasteiger partial charge in [-0.1, -0.05) is 12.0 Å². The molecule has 1 aliphatic rings. The van der Waals surface area contributed by atoms with E-state index in [0.29, 0.717) is 17.5 Å². The van der Waals surface area contributed by atoms with Gasteiger partial charge < -0.3 is 10.3 Å². The molecule has 0 aliphatic heterocycles. The van der Waals surface area contributed by atoms with Crippen molar-refractivity contribution < 1.29 is 9.18 Å². The molecule has 129 valence electrons. The Labute approximate surface area is 147 Å². The highest BCUT2D eigenvalue weighted by Crippen LogP contribution is 2.37. The standard InChI is InChI=1S/C21H22FN2O/c1-5-7-18(25)24-16-9-6-8-15(11-16)20-17(22)10-12(2)21-19(20)13(3)14(4)23-21/h8,10,16,23H,2,6,9,11H2,1,3-4H3,(H,24,25)/t16-/m0/s1. The van der Waals surface area contributed by atoms with Gasteiger partial charge in [0.25, 0.3) is 5.91 Å². The number of nitrogens with one attached hydrogen (secondary N) is 2. The summed E-state index contributed by atoms with van der Waals surface area (Å²) in [5.74, 6) is 4.57. The van der Waals surface area contributed by atoms with Gasteiger partial charge in [0, 0.05) is 28.2 Å². The van der Waals surface area contributed by atoms with E-state index in [1.165, 1.54) is 6.07 Å². The molecule has 1 aromatic heterocycles. The first kappa shape index (κ1) is 17.3. The molecule has 0 saturated carbocycles. The summed E-state index contributed by atoms with van der Waals surface area (Å²) in [7, 11) is 0. The van der Waals surface area contributed by atoms with Crippen LogP contribution in [-0.4, -0.2) is 16.9 Å². The van der Waals surface area contributed by atoms with Crippen LogP contribution in [-0.2, 0) is 4.79 Å². The van der Waals surface area contributed by atoms with Gasteiger partial charge in [0.2, 0.25) is 0 Å². The average Bonchev–Trinajstić information content (AvgIpc) is 2.85. The maximum atomic E-state index is 14.9. The van der Waals surface area contributed by atoms with Gasteiger partial charge >= 0.3 is 0 Å². The third-order valence-electron chi connectivity index (χ3n) is 4.88. The molecule has 0 spiro atoms. The lowest BCUT2D eigenvalue weighted by atomic mass is 9.87. The Balaban J connectivity index is 2.03. The topological polar surface area (TPSA) is 44.9 Å². The average molecular weight is 337 g/mol. The van der Waals surface area contributed by atoms with Crippen molar-refractivity contribution in [2.45, 2.75) is 46.1 Å². The number of H-pyrrole nitrogens is 1. The van der Waals surface area contributed by atoms with Crippen LogP contribution in [0.3, 0.4) is 0 Å². The van der Waals surface area contributed by atoms with Gasteiger partial charge in [-0.2, -0.15) is 0 Å². The Morgan fingerprint density at radius 2 is 2.20 bits per heavy atom. The predicted molar refractivity (Wildman–Crippen MR) is 99.4 cm³/mol. The van der Waals surface area contributed by atoms with Crippen molar-refractivity contribution in [3.8, 4) is 11.8 Å². The summed E-state index contributed by atoms with van der Waals surface area (Å²) >= 11 is 0. The molecule has 4 heteroatoms. The number of halogens is 1. The quantitative estimate of drug-likeness (QED) is 0.793. The second-order valence-electron chi connectivity index (χ2n) is 6.57. The highest BCUT2D eigenvalue weighted by molar-refractivity contribution is 5.98. The summed E-state index contributed by atoms with van der Waals surface area (Å²) in [6.07, 6.45) is 4.32. The Morgan fingerprint density at radius 1 is 1.44 bits per heavy atom. The number of aromatic amines is 1. The number of rotatable bonds is 2. The lowest BCUT2D eigenvalue weighted by molar-refractivity contribution is -0.116. The van der Waals surface area contributed by atoms with E-state index in [1.807, 2.05) is 13.8 Å². The van der Waals surface area contributed by atoms with Crippen molar-refractivity contribution in [1.29, 1.82) is 0 Å². The number of hydrogen-bond donors (Lipinski definition) is 2. The lowest BCUT2D eigenvalue weighted by Gasteiger charge is -2.24. The lowest BCUT2D eigenvalue weighted by Crippen LogP contribution is -2.35. The molecule has 0 bridgehead atoms. The van der Waals surface area contributed by atoms with Crippen LogP contribution in [0.1, 0.15) is 48.6 Å². The van der Waals surface area contributed by atoms with E-state index in [2.05, 4.69) is 35.1 Å². The molecule has 0 saturated heterocycles. The van der Waals surface area contributed by atoms with Crippen LogP contribution in [0.2, 0.25) is 0 Å². The molecule has 1 aromatic carbocycles. The molecule has 2 N–H and O–H groups in total. The van der Waals surface area contributed by atoms with Crippen molar-refractivity contribution in [3.63, 3.8) is 0 Å². The zero-order chi connectivity index (χ0) is 18.1. The zero-order valence-corrected chi connectivity index (χ0v) is 14.8.